The Morgan fingerprint density at radius 3 is 2.31 bits per heavy atom. The van der Waals surface area contributed by atoms with E-state index in [0.29, 0.717) is 0 Å². The zero-order chi connectivity index (χ0) is 23.7. The van der Waals surface area contributed by atoms with Gasteiger partial charge in [0.2, 0.25) is 0 Å². The molecule has 2 aromatic carbocycles. The molecule has 1 aliphatic heterocycles. The number of hydrazone groups is 1. The van der Waals surface area contributed by atoms with Gasteiger partial charge in [-0.15, -0.1) is 5.10 Å². The van der Waals surface area contributed by atoms with Crippen LogP contribution in [0.5, 0.6) is 0 Å². The van der Waals surface area contributed by atoms with Gasteiger partial charge in [0.25, 0.3) is 10.0 Å². The van der Waals surface area contributed by atoms with Gasteiger partial charge in [0.15, 0.2) is 5.84 Å². The monoisotopic (exact) mass is 509 g/mol. The number of hydrogen-bond acceptors (Lipinski definition) is 4. The average Bonchev–Trinajstić information content (AvgIpc) is 2.70. The summed E-state index contributed by atoms with van der Waals surface area (Å²) in [5.74, 6) is -0.384. The van der Waals surface area contributed by atoms with E-state index < -0.39 is 34.8 Å². The number of aryl methyl sites for hydroxylation is 1. The molecular formula is C20H20Cl2F3N3O3S. The summed E-state index contributed by atoms with van der Waals surface area (Å²) in [5, 5.41) is 13.7. The maximum absolute atomic E-state index is 13.8. The number of nitrogens with zero attached hydrogens (tertiary/aromatic N) is 2. The van der Waals surface area contributed by atoms with E-state index in [4.69, 9.17) is 23.2 Å². The topological polar surface area (TPSA) is 82.0 Å². The molecule has 174 valence electrons. The Kier molecular flexibility index (Phi) is 7.28. The Labute approximate surface area is 193 Å². The highest BCUT2D eigenvalue weighted by Gasteiger charge is 2.48. The Balaban J connectivity index is 2.10. The van der Waals surface area contributed by atoms with Gasteiger partial charge < -0.3 is 10.0 Å². The summed E-state index contributed by atoms with van der Waals surface area (Å²) in [6.07, 6.45) is -6.45. The van der Waals surface area contributed by atoms with Crippen LogP contribution in [0.1, 0.15) is 24.0 Å². The smallest absolute Gasteiger partial charge is 0.393 e. The zero-order valence-corrected chi connectivity index (χ0v) is 19.1. The molecule has 3 rings (SSSR count). The maximum atomic E-state index is 13.8. The highest BCUT2D eigenvalue weighted by atomic mass is 35.5. The Hall–Kier alpha value is -2.01. The van der Waals surface area contributed by atoms with Crippen molar-refractivity contribution in [2.24, 2.45) is 5.10 Å². The fraction of sp³-hybridized carbons (Fsp3) is 0.350. The SMILES string of the molecule is Cc1ccc(S(=O)(=O)N/N=C(\c2c(Cl)cccc2Cl)N2CCC(O)CC2C(F)(F)F)cc1. The Bertz CT molecular complexity index is 1090. The third kappa shape index (κ3) is 5.48. The number of sulfonamides is 1. The molecule has 12 heteroatoms. The second-order valence-corrected chi connectivity index (χ2v) is 9.84. The molecule has 1 heterocycles. The van der Waals surface area contributed by atoms with Crippen molar-refractivity contribution in [1.82, 2.24) is 9.73 Å². The molecule has 0 saturated carbocycles. The van der Waals surface area contributed by atoms with Gasteiger partial charge >= 0.3 is 6.18 Å². The number of likely N-dealkylation sites (tertiary alicyclic amines) is 1. The number of rotatable bonds is 4. The number of hydrogen-bond donors (Lipinski definition) is 2. The van der Waals surface area contributed by atoms with Crippen molar-refractivity contribution in [3.63, 3.8) is 0 Å². The van der Waals surface area contributed by atoms with E-state index in [0.717, 1.165) is 10.5 Å². The minimum absolute atomic E-state index is 0.00201. The summed E-state index contributed by atoms with van der Waals surface area (Å²) in [6, 6.07) is 8.08. The van der Waals surface area contributed by atoms with E-state index in [2.05, 4.69) is 5.10 Å². The molecule has 2 unspecified atom stereocenters. The second-order valence-electron chi connectivity index (χ2n) is 7.37. The summed E-state index contributed by atoms with van der Waals surface area (Å²) in [7, 11) is -4.19. The van der Waals surface area contributed by atoms with Gasteiger partial charge in [-0.1, -0.05) is 47.0 Å². The molecule has 0 spiro atoms. The minimum Gasteiger partial charge on any atom is -0.393 e. The lowest BCUT2D eigenvalue weighted by atomic mass is 9.97. The van der Waals surface area contributed by atoms with Gasteiger partial charge in [0.1, 0.15) is 6.04 Å². The summed E-state index contributed by atoms with van der Waals surface area (Å²) < 4.78 is 66.8. The third-order valence-corrected chi connectivity index (χ3v) is 6.87. The minimum atomic E-state index is -4.72. The van der Waals surface area contributed by atoms with Crippen LogP contribution < -0.4 is 4.83 Å². The number of piperidine rings is 1. The zero-order valence-electron chi connectivity index (χ0n) is 16.8. The molecule has 32 heavy (non-hydrogen) atoms. The molecular weight excluding hydrogens is 490 g/mol. The first-order valence-corrected chi connectivity index (χ1v) is 11.8. The van der Waals surface area contributed by atoms with E-state index in [1.54, 1.807) is 19.1 Å². The van der Waals surface area contributed by atoms with Crippen molar-refractivity contribution in [3.8, 4) is 0 Å². The van der Waals surface area contributed by atoms with Crippen molar-refractivity contribution < 1.29 is 26.7 Å². The highest BCUT2D eigenvalue weighted by molar-refractivity contribution is 7.89. The predicted octanol–water partition coefficient (Wildman–Crippen LogP) is 4.33. The molecule has 6 nitrogen and oxygen atoms in total. The Morgan fingerprint density at radius 2 is 1.75 bits per heavy atom. The van der Waals surface area contributed by atoms with Crippen LogP contribution in [0.3, 0.4) is 0 Å². The van der Waals surface area contributed by atoms with Crippen molar-refractivity contribution in [2.75, 3.05) is 6.54 Å². The number of nitrogens with one attached hydrogen (secondary N) is 1. The Morgan fingerprint density at radius 1 is 1.16 bits per heavy atom. The fourth-order valence-electron chi connectivity index (χ4n) is 3.36. The molecule has 0 aromatic heterocycles. The summed E-state index contributed by atoms with van der Waals surface area (Å²) >= 11 is 12.4. The molecule has 2 N–H and O–H groups in total. The van der Waals surface area contributed by atoms with Gasteiger partial charge in [-0.05, 0) is 37.6 Å². The number of halogens is 5. The van der Waals surface area contributed by atoms with Crippen molar-refractivity contribution in [3.05, 3.63) is 63.6 Å². The lowest BCUT2D eigenvalue weighted by molar-refractivity contribution is -0.188. The van der Waals surface area contributed by atoms with Crippen LogP contribution in [-0.4, -0.2) is 49.1 Å². The number of aliphatic hydroxyl groups is 1. The van der Waals surface area contributed by atoms with Gasteiger partial charge in [0.05, 0.1) is 26.6 Å². The molecule has 1 aliphatic rings. The van der Waals surface area contributed by atoms with Crippen LogP contribution in [0, 0.1) is 6.92 Å². The van der Waals surface area contributed by atoms with E-state index in [-0.39, 0.29) is 39.3 Å². The van der Waals surface area contributed by atoms with E-state index in [1.807, 2.05) is 4.83 Å². The first kappa shape index (κ1) is 24.6. The number of alkyl halides is 3. The maximum Gasteiger partial charge on any atom is 0.408 e. The van der Waals surface area contributed by atoms with Gasteiger partial charge in [-0.2, -0.15) is 26.4 Å². The van der Waals surface area contributed by atoms with E-state index >= 15 is 0 Å². The number of benzene rings is 2. The van der Waals surface area contributed by atoms with Gasteiger partial charge in [-0.3, -0.25) is 0 Å². The van der Waals surface area contributed by atoms with Crippen LogP contribution in [-0.2, 0) is 10.0 Å². The molecule has 2 aromatic rings. The fourth-order valence-corrected chi connectivity index (χ4v) is 4.73. The van der Waals surface area contributed by atoms with Crippen LogP contribution in [0.2, 0.25) is 10.0 Å². The molecule has 0 bridgehead atoms. The van der Waals surface area contributed by atoms with E-state index in [9.17, 15) is 26.7 Å². The summed E-state index contributed by atoms with van der Waals surface area (Å²) in [6.45, 7) is 1.54. The van der Waals surface area contributed by atoms with Gasteiger partial charge in [-0.25, -0.2) is 0 Å². The molecule has 0 aliphatic carbocycles. The van der Waals surface area contributed by atoms with Crippen LogP contribution in [0.25, 0.3) is 0 Å². The lowest BCUT2D eigenvalue weighted by Crippen LogP contribution is -2.55. The lowest BCUT2D eigenvalue weighted by Gasteiger charge is -2.40. The van der Waals surface area contributed by atoms with Crippen LogP contribution >= 0.6 is 23.2 Å². The molecule has 2 atom stereocenters. The van der Waals surface area contributed by atoms with E-state index in [1.165, 1.54) is 30.3 Å². The van der Waals surface area contributed by atoms with Crippen molar-refractivity contribution in [1.29, 1.82) is 0 Å². The first-order chi connectivity index (χ1) is 14.9. The quantitative estimate of drug-likeness (QED) is 0.365. The summed E-state index contributed by atoms with van der Waals surface area (Å²) in [5.41, 5.74) is 0.781. The average molecular weight is 510 g/mol. The van der Waals surface area contributed by atoms with Crippen molar-refractivity contribution >= 4 is 39.1 Å². The number of aliphatic hydroxyl groups excluding tert-OH is 1. The third-order valence-electron chi connectivity index (χ3n) is 5.01. The standard InChI is InChI=1S/C20H20Cl2F3N3O3S/c1-12-5-7-14(8-6-12)32(30,31)27-26-19(18-15(21)3-2-4-16(18)22)28-10-9-13(29)11-17(28)20(23,24)25/h2-8,13,17,27,29H,9-11H2,1H3/b26-19+. The predicted molar refractivity (Wildman–Crippen MR) is 116 cm³/mol. The largest absolute Gasteiger partial charge is 0.408 e. The first-order valence-electron chi connectivity index (χ1n) is 9.52. The highest BCUT2D eigenvalue weighted by Crippen LogP contribution is 2.35. The van der Waals surface area contributed by atoms with Gasteiger partial charge in [0, 0.05) is 13.0 Å². The van der Waals surface area contributed by atoms with Crippen LogP contribution in [0.4, 0.5) is 13.2 Å². The van der Waals surface area contributed by atoms with Crippen molar-refractivity contribution in [2.45, 2.75) is 43.0 Å². The second kappa shape index (κ2) is 9.46. The molecule has 1 saturated heterocycles. The molecule has 0 amide bonds. The molecule has 0 radical (unpaired) electrons. The molecule has 1 fully saturated rings. The normalized spacial score (nSPS) is 20.3. The van der Waals surface area contributed by atoms with Crippen LogP contribution in [0.15, 0.2) is 52.5 Å². The number of amidine groups is 1. The summed E-state index contributed by atoms with van der Waals surface area (Å²) in [4.78, 5) is 2.76.